The first-order valence-electron chi connectivity index (χ1n) is 19.3. The van der Waals surface area contributed by atoms with Gasteiger partial charge in [-0.2, -0.15) is 0 Å². The van der Waals surface area contributed by atoms with Crippen LogP contribution in [0.2, 0.25) is 0 Å². The van der Waals surface area contributed by atoms with Crippen molar-refractivity contribution in [2.75, 3.05) is 4.90 Å². The zero-order valence-corrected chi connectivity index (χ0v) is 32.2. The molecular formula is C52H47N. The molecule has 3 aliphatic carbocycles. The van der Waals surface area contributed by atoms with Gasteiger partial charge in [-0.1, -0.05) is 159 Å². The van der Waals surface area contributed by atoms with E-state index in [-0.39, 0.29) is 21.7 Å². The zero-order valence-electron chi connectivity index (χ0n) is 32.2. The highest BCUT2D eigenvalue weighted by atomic mass is 15.1. The Labute approximate surface area is 315 Å². The number of benzene rings is 7. The highest BCUT2D eigenvalue weighted by Crippen LogP contribution is 2.63. The van der Waals surface area contributed by atoms with Crippen molar-refractivity contribution in [3.8, 4) is 33.4 Å². The summed E-state index contributed by atoms with van der Waals surface area (Å²) >= 11 is 0. The van der Waals surface area contributed by atoms with Crippen molar-refractivity contribution < 1.29 is 0 Å². The normalized spacial score (nSPS) is 17.3. The number of para-hydroxylation sites is 1. The van der Waals surface area contributed by atoms with Crippen molar-refractivity contribution in [2.45, 2.75) is 77.0 Å². The minimum Gasteiger partial charge on any atom is -0.310 e. The van der Waals surface area contributed by atoms with Gasteiger partial charge in [0.05, 0.1) is 0 Å². The molecule has 0 heterocycles. The Balaban J connectivity index is 1.23. The molecule has 0 aromatic heterocycles. The molecule has 0 aliphatic heterocycles. The van der Waals surface area contributed by atoms with Gasteiger partial charge in [0.15, 0.2) is 0 Å². The molecule has 53 heavy (non-hydrogen) atoms. The lowest BCUT2D eigenvalue weighted by Crippen LogP contribution is -2.44. The predicted octanol–water partition coefficient (Wildman–Crippen LogP) is 14.2. The van der Waals surface area contributed by atoms with Crippen LogP contribution in [0.4, 0.5) is 17.1 Å². The van der Waals surface area contributed by atoms with Gasteiger partial charge >= 0.3 is 0 Å². The van der Waals surface area contributed by atoms with Crippen molar-refractivity contribution in [1.82, 2.24) is 0 Å². The molecule has 1 heteroatoms. The molecule has 0 amide bonds. The maximum absolute atomic E-state index is 2.50. The minimum absolute atomic E-state index is 0.0452. The van der Waals surface area contributed by atoms with E-state index in [0.717, 1.165) is 5.69 Å². The Kier molecular flexibility index (Phi) is 6.45. The van der Waals surface area contributed by atoms with E-state index >= 15 is 0 Å². The molecule has 0 atom stereocenters. The molecule has 0 spiro atoms. The second kappa shape index (κ2) is 10.6. The van der Waals surface area contributed by atoms with Crippen LogP contribution in [0.25, 0.3) is 44.2 Å². The number of anilines is 3. The topological polar surface area (TPSA) is 3.24 Å². The average Bonchev–Trinajstić information content (AvgIpc) is 3.53. The molecule has 7 aromatic carbocycles. The first-order chi connectivity index (χ1) is 25.3. The maximum atomic E-state index is 2.50. The molecule has 10 rings (SSSR count). The fraction of sp³-hybridized carbons (Fsp3) is 0.231. The van der Waals surface area contributed by atoms with Crippen LogP contribution in [-0.4, -0.2) is 0 Å². The molecule has 0 unspecified atom stereocenters. The first kappa shape index (κ1) is 32.3. The lowest BCUT2D eigenvalue weighted by molar-refractivity contribution is 0.301. The molecule has 0 bridgehead atoms. The Bertz CT molecular complexity index is 2670. The number of hydrogen-bond acceptors (Lipinski definition) is 1. The van der Waals surface area contributed by atoms with Gasteiger partial charge in [0.1, 0.15) is 0 Å². The fourth-order valence-electron chi connectivity index (χ4n) is 10.6. The van der Waals surface area contributed by atoms with E-state index in [1.807, 2.05) is 0 Å². The Morgan fingerprint density at radius 1 is 0.340 bits per heavy atom. The molecule has 260 valence electrons. The third kappa shape index (κ3) is 4.09. The van der Waals surface area contributed by atoms with E-state index in [0.29, 0.717) is 0 Å². The summed E-state index contributed by atoms with van der Waals surface area (Å²) in [4.78, 5) is 2.47. The van der Waals surface area contributed by atoms with Gasteiger partial charge < -0.3 is 4.90 Å². The Morgan fingerprint density at radius 2 is 0.811 bits per heavy atom. The van der Waals surface area contributed by atoms with Gasteiger partial charge in [-0.3, -0.25) is 0 Å². The lowest BCUT2D eigenvalue weighted by Gasteiger charge is -2.49. The predicted molar refractivity (Wildman–Crippen MR) is 225 cm³/mol. The van der Waals surface area contributed by atoms with E-state index in [9.17, 15) is 0 Å². The third-order valence-corrected chi connectivity index (χ3v) is 13.9. The van der Waals surface area contributed by atoms with Gasteiger partial charge in [0.25, 0.3) is 0 Å². The second-order valence-electron chi connectivity index (χ2n) is 17.8. The van der Waals surface area contributed by atoms with E-state index in [1.54, 1.807) is 0 Å². The van der Waals surface area contributed by atoms with Crippen LogP contribution in [-0.2, 0) is 21.7 Å². The highest BCUT2D eigenvalue weighted by molar-refractivity contribution is 6.09. The molecule has 0 N–H and O–H groups in total. The Morgan fingerprint density at radius 3 is 1.49 bits per heavy atom. The van der Waals surface area contributed by atoms with Crippen LogP contribution in [0.3, 0.4) is 0 Å². The summed E-state index contributed by atoms with van der Waals surface area (Å²) in [6.45, 7) is 19.5. The third-order valence-electron chi connectivity index (χ3n) is 13.9. The van der Waals surface area contributed by atoms with Gasteiger partial charge in [-0.25, -0.2) is 0 Å². The van der Waals surface area contributed by atoms with Crippen LogP contribution in [0.5, 0.6) is 0 Å². The number of fused-ring (bicyclic) bond motifs is 13. The van der Waals surface area contributed by atoms with Crippen molar-refractivity contribution in [3.63, 3.8) is 0 Å². The van der Waals surface area contributed by atoms with Gasteiger partial charge in [-0.05, 0) is 119 Å². The smallest absolute Gasteiger partial charge is 0.0465 e. The summed E-state index contributed by atoms with van der Waals surface area (Å²) in [6.07, 6.45) is 0. The van der Waals surface area contributed by atoms with Crippen LogP contribution in [0, 0.1) is 0 Å². The van der Waals surface area contributed by atoms with E-state index in [1.165, 1.54) is 88.9 Å². The molecule has 1 nitrogen and oxygen atoms in total. The quantitative estimate of drug-likeness (QED) is 0.179. The van der Waals surface area contributed by atoms with E-state index in [4.69, 9.17) is 0 Å². The molecule has 0 saturated heterocycles. The second-order valence-corrected chi connectivity index (χ2v) is 17.8. The monoisotopic (exact) mass is 685 g/mol. The molecule has 0 radical (unpaired) electrons. The number of nitrogens with zero attached hydrogens (tertiary/aromatic N) is 1. The van der Waals surface area contributed by atoms with E-state index < -0.39 is 0 Å². The number of hydrogen-bond donors (Lipinski definition) is 0. The number of rotatable bonds is 3. The van der Waals surface area contributed by atoms with Crippen LogP contribution in [0.15, 0.2) is 140 Å². The van der Waals surface area contributed by atoms with Crippen molar-refractivity contribution in [3.05, 3.63) is 173 Å². The van der Waals surface area contributed by atoms with Crippen molar-refractivity contribution in [2.24, 2.45) is 0 Å². The van der Waals surface area contributed by atoms with Crippen molar-refractivity contribution in [1.29, 1.82) is 0 Å². The standard InChI is InChI=1S/C52H47N/c1-49(2)41-24-16-14-20-35(41)36-28-26-33(30-43(36)49)53(32-18-10-9-11-19-32)34-27-29-40-44(31-34)50(3,4)47-37-21-12-13-22-38(37)48-46(45(40)47)39-23-15-17-25-42(39)51(5,6)52(48,7)8/h9-31H,1-8H3. The summed E-state index contributed by atoms with van der Waals surface area (Å²) in [5, 5.41) is 2.77. The molecule has 0 fully saturated rings. The molecular weight excluding hydrogens is 639 g/mol. The SMILES string of the molecule is CC1(C)c2ccccc2-c2ccc(N(c3ccccc3)c3ccc4c(c3)C(C)(C)c3c-4c4c(c5ccccc35)C(C)(C)C(C)(C)c3ccccc3-4)cc21. The zero-order chi connectivity index (χ0) is 36.7. The maximum Gasteiger partial charge on any atom is 0.0465 e. The molecule has 3 aliphatic rings. The van der Waals surface area contributed by atoms with Crippen molar-refractivity contribution >= 4 is 27.8 Å². The summed E-state index contributed by atoms with van der Waals surface area (Å²) in [6, 6.07) is 52.7. The van der Waals surface area contributed by atoms with Crippen LogP contribution < -0.4 is 4.90 Å². The van der Waals surface area contributed by atoms with E-state index in [2.05, 4.69) is 200 Å². The molecule has 0 saturated carbocycles. The summed E-state index contributed by atoms with van der Waals surface area (Å²) in [5.74, 6) is 0. The fourth-order valence-corrected chi connectivity index (χ4v) is 10.6. The van der Waals surface area contributed by atoms with Gasteiger partial charge in [-0.15, -0.1) is 0 Å². The van der Waals surface area contributed by atoms with Gasteiger partial charge in [0.2, 0.25) is 0 Å². The van der Waals surface area contributed by atoms with Gasteiger partial charge in [0, 0.05) is 33.3 Å². The average molecular weight is 686 g/mol. The van der Waals surface area contributed by atoms with Crippen LogP contribution in [0.1, 0.15) is 88.8 Å². The van der Waals surface area contributed by atoms with Crippen LogP contribution >= 0.6 is 0 Å². The largest absolute Gasteiger partial charge is 0.310 e. The Hall–Kier alpha value is -5.40. The molecule has 7 aromatic rings. The summed E-state index contributed by atoms with van der Waals surface area (Å²) in [7, 11) is 0. The lowest BCUT2D eigenvalue weighted by atomic mass is 9.54. The highest BCUT2D eigenvalue weighted by Gasteiger charge is 2.50. The summed E-state index contributed by atoms with van der Waals surface area (Å²) < 4.78 is 0. The first-order valence-corrected chi connectivity index (χ1v) is 19.3. The summed E-state index contributed by atoms with van der Waals surface area (Å²) in [5.41, 5.74) is 19.9. The minimum atomic E-state index is -0.217.